The topological polar surface area (TPSA) is 64.2 Å². The Labute approximate surface area is 172 Å². The van der Waals surface area contributed by atoms with Crippen LogP contribution < -0.4 is 4.74 Å². The molecular weight excluding hydrogens is 383 g/mol. The van der Waals surface area contributed by atoms with Crippen molar-refractivity contribution in [3.63, 3.8) is 0 Å². The number of nitrogens with zero attached hydrogens (tertiary/aromatic N) is 1. The van der Waals surface area contributed by atoms with Crippen LogP contribution in [0.15, 0.2) is 60.8 Å². The number of hydrogen-bond donors (Lipinski definition) is 1. The lowest BCUT2D eigenvalue weighted by Gasteiger charge is -2.14. The van der Waals surface area contributed by atoms with Crippen LogP contribution in [0.4, 0.5) is 4.39 Å². The van der Waals surface area contributed by atoms with Gasteiger partial charge in [-0.15, -0.1) is 5.10 Å². The predicted molar refractivity (Wildman–Crippen MR) is 111 cm³/mol. The summed E-state index contributed by atoms with van der Waals surface area (Å²) in [5, 5.41) is 8.30. The second kappa shape index (κ2) is 7.30. The number of esters is 1. The molecule has 1 N–H and O–H groups in total. The van der Waals surface area contributed by atoms with Crippen LogP contribution in [0.5, 0.6) is 11.5 Å². The number of halogens is 1. The van der Waals surface area contributed by atoms with Crippen LogP contribution in [0.2, 0.25) is 0 Å². The number of nitrogens with one attached hydrogen (secondary N) is 1. The number of aromatic amines is 1. The highest BCUT2D eigenvalue weighted by molar-refractivity contribution is 5.94. The monoisotopic (exact) mass is 402 g/mol. The number of benzene rings is 3. The van der Waals surface area contributed by atoms with E-state index in [0.29, 0.717) is 23.0 Å². The van der Waals surface area contributed by atoms with Crippen LogP contribution in [-0.2, 0) is 4.74 Å². The van der Waals surface area contributed by atoms with Crippen LogP contribution in [0.3, 0.4) is 0 Å². The van der Waals surface area contributed by atoms with E-state index >= 15 is 0 Å². The molecule has 6 heteroatoms. The van der Waals surface area contributed by atoms with Gasteiger partial charge in [-0.3, -0.25) is 5.10 Å². The van der Waals surface area contributed by atoms with Crippen molar-refractivity contribution in [3.05, 3.63) is 77.9 Å². The largest absolute Gasteiger partial charge is 0.465 e. The maximum Gasteiger partial charge on any atom is 0.341 e. The number of methoxy groups -OCH3 is 1. The van der Waals surface area contributed by atoms with Crippen molar-refractivity contribution in [1.29, 1.82) is 0 Å². The second-order valence-electron chi connectivity index (χ2n) is 7.40. The molecule has 150 valence electrons. The molecule has 0 spiro atoms. The van der Waals surface area contributed by atoms with Gasteiger partial charge in [0.25, 0.3) is 0 Å². The van der Waals surface area contributed by atoms with Crippen LogP contribution in [0, 0.1) is 5.95 Å². The van der Waals surface area contributed by atoms with Gasteiger partial charge in [-0.05, 0) is 64.9 Å². The SMILES string of the molecule is COC(=O)c1cc(-c2c[nH]nc2F)ccc1Oc1cc(C2CC2)c2ccccc2c1. The van der Waals surface area contributed by atoms with Crippen molar-refractivity contribution in [2.75, 3.05) is 7.11 Å². The number of aromatic nitrogens is 2. The van der Waals surface area contributed by atoms with Gasteiger partial charge in [-0.25, -0.2) is 4.79 Å². The molecule has 5 rings (SSSR count). The van der Waals surface area contributed by atoms with Crippen LogP contribution >= 0.6 is 0 Å². The Morgan fingerprint density at radius 2 is 1.97 bits per heavy atom. The zero-order chi connectivity index (χ0) is 20.7. The molecular formula is C24H19FN2O3. The third-order valence-corrected chi connectivity index (χ3v) is 5.40. The van der Waals surface area contributed by atoms with Gasteiger partial charge in [0.1, 0.15) is 17.1 Å². The van der Waals surface area contributed by atoms with E-state index in [0.717, 1.165) is 5.39 Å². The summed E-state index contributed by atoms with van der Waals surface area (Å²) in [6.45, 7) is 0. The van der Waals surface area contributed by atoms with E-state index in [9.17, 15) is 9.18 Å². The van der Waals surface area contributed by atoms with E-state index in [4.69, 9.17) is 9.47 Å². The molecule has 1 saturated carbocycles. The molecule has 30 heavy (non-hydrogen) atoms. The van der Waals surface area contributed by atoms with E-state index in [-0.39, 0.29) is 11.1 Å². The Morgan fingerprint density at radius 3 is 2.70 bits per heavy atom. The molecule has 0 aliphatic heterocycles. The lowest BCUT2D eigenvalue weighted by atomic mass is 10.0. The third kappa shape index (κ3) is 3.30. The van der Waals surface area contributed by atoms with E-state index in [1.165, 1.54) is 37.1 Å². The number of H-pyrrole nitrogens is 1. The number of ether oxygens (including phenoxy) is 2. The lowest BCUT2D eigenvalue weighted by molar-refractivity contribution is 0.0598. The molecule has 0 unspecified atom stereocenters. The molecule has 1 heterocycles. The molecule has 4 aromatic rings. The fourth-order valence-corrected chi connectivity index (χ4v) is 3.76. The Kier molecular flexibility index (Phi) is 4.47. The molecule has 0 atom stereocenters. The minimum atomic E-state index is -0.636. The van der Waals surface area contributed by atoms with E-state index < -0.39 is 11.9 Å². The van der Waals surface area contributed by atoms with Crippen LogP contribution in [0.25, 0.3) is 21.9 Å². The quantitative estimate of drug-likeness (QED) is 0.427. The van der Waals surface area contributed by atoms with Crippen molar-refractivity contribution in [2.24, 2.45) is 0 Å². The minimum Gasteiger partial charge on any atom is -0.465 e. The highest BCUT2D eigenvalue weighted by Gasteiger charge is 2.26. The summed E-state index contributed by atoms with van der Waals surface area (Å²) in [5.74, 6) is 0.363. The summed E-state index contributed by atoms with van der Waals surface area (Å²) in [6, 6.07) is 17.1. The Balaban J connectivity index is 1.57. The predicted octanol–water partition coefficient (Wildman–Crippen LogP) is 5.83. The van der Waals surface area contributed by atoms with Crippen molar-refractivity contribution >= 4 is 16.7 Å². The first-order chi connectivity index (χ1) is 14.6. The molecule has 1 aliphatic rings. The van der Waals surface area contributed by atoms with E-state index in [1.807, 2.05) is 24.3 Å². The normalized spacial score (nSPS) is 13.4. The Morgan fingerprint density at radius 1 is 1.13 bits per heavy atom. The van der Waals surface area contributed by atoms with Crippen molar-refractivity contribution in [1.82, 2.24) is 10.2 Å². The number of hydrogen-bond acceptors (Lipinski definition) is 4. The Hall–Kier alpha value is -3.67. The van der Waals surface area contributed by atoms with Crippen molar-refractivity contribution in [2.45, 2.75) is 18.8 Å². The average Bonchev–Trinajstić information content (AvgIpc) is 3.53. The van der Waals surface area contributed by atoms with E-state index in [2.05, 4.69) is 22.3 Å². The molecule has 1 fully saturated rings. The summed E-state index contributed by atoms with van der Waals surface area (Å²) in [5.41, 5.74) is 2.26. The molecule has 1 aromatic heterocycles. The van der Waals surface area contributed by atoms with Gasteiger partial charge in [0, 0.05) is 6.20 Å². The molecule has 0 amide bonds. The summed E-state index contributed by atoms with van der Waals surface area (Å²) in [6.07, 6.45) is 3.79. The zero-order valence-corrected chi connectivity index (χ0v) is 16.3. The van der Waals surface area contributed by atoms with Crippen LogP contribution in [0.1, 0.15) is 34.7 Å². The average molecular weight is 402 g/mol. The van der Waals surface area contributed by atoms with Gasteiger partial charge in [-0.1, -0.05) is 30.3 Å². The highest BCUT2D eigenvalue weighted by atomic mass is 19.1. The first kappa shape index (κ1) is 18.4. The lowest BCUT2D eigenvalue weighted by Crippen LogP contribution is -2.04. The maximum atomic E-state index is 13.9. The summed E-state index contributed by atoms with van der Waals surface area (Å²) < 4.78 is 24.9. The molecule has 5 nitrogen and oxygen atoms in total. The highest BCUT2D eigenvalue weighted by Crippen LogP contribution is 2.45. The second-order valence-corrected chi connectivity index (χ2v) is 7.40. The number of rotatable bonds is 5. The van der Waals surface area contributed by atoms with Gasteiger partial charge in [-0.2, -0.15) is 4.39 Å². The van der Waals surface area contributed by atoms with E-state index in [1.54, 1.807) is 18.2 Å². The van der Waals surface area contributed by atoms with Crippen molar-refractivity contribution in [3.8, 4) is 22.6 Å². The van der Waals surface area contributed by atoms with Gasteiger partial charge in [0.05, 0.1) is 12.7 Å². The number of fused-ring (bicyclic) bond motifs is 1. The molecule has 0 bridgehead atoms. The fourth-order valence-electron chi connectivity index (χ4n) is 3.76. The molecule has 0 saturated heterocycles. The summed E-state index contributed by atoms with van der Waals surface area (Å²) >= 11 is 0. The first-order valence-corrected chi connectivity index (χ1v) is 9.76. The fraction of sp³-hybridized carbons (Fsp3) is 0.167. The third-order valence-electron chi connectivity index (χ3n) is 5.40. The first-order valence-electron chi connectivity index (χ1n) is 9.76. The molecule has 0 radical (unpaired) electrons. The summed E-state index contributed by atoms with van der Waals surface area (Å²) in [4.78, 5) is 12.4. The standard InChI is InChI=1S/C24H19FN2O3/c1-29-24(28)20-11-16(21-13-26-27-23(21)25)8-9-22(20)30-17-10-15-4-2-3-5-18(15)19(12-17)14-6-7-14/h2-5,8-14H,6-7H2,1H3,(H,26,27). The molecule has 3 aromatic carbocycles. The van der Waals surface area contributed by atoms with Gasteiger partial charge in [0.2, 0.25) is 5.95 Å². The summed E-state index contributed by atoms with van der Waals surface area (Å²) in [7, 11) is 1.30. The van der Waals surface area contributed by atoms with Gasteiger partial charge >= 0.3 is 5.97 Å². The minimum absolute atomic E-state index is 0.219. The van der Waals surface area contributed by atoms with Crippen LogP contribution in [-0.4, -0.2) is 23.3 Å². The zero-order valence-electron chi connectivity index (χ0n) is 16.3. The molecule has 1 aliphatic carbocycles. The smallest absolute Gasteiger partial charge is 0.341 e. The van der Waals surface area contributed by atoms with Crippen molar-refractivity contribution < 1.29 is 18.7 Å². The Bertz CT molecular complexity index is 1260. The number of carbonyl (C=O) groups is 1. The van der Waals surface area contributed by atoms with Gasteiger partial charge in [0.15, 0.2) is 0 Å². The maximum absolute atomic E-state index is 13.9. The van der Waals surface area contributed by atoms with Gasteiger partial charge < -0.3 is 9.47 Å². The number of carbonyl (C=O) groups excluding carboxylic acids is 1.